The van der Waals surface area contributed by atoms with Crippen molar-refractivity contribution in [2.75, 3.05) is 6.54 Å². The lowest BCUT2D eigenvalue weighted by atomic mass is 10.1. The topological polar surface area (TPSA) is 63.4 Å². The van der Waals surface area contributed by atoms with E-state index >= 15 is 0 Å². The molecule has 1 saturated heterocycles. The largest absolute Gasteiger partial charge is 0.368 e. The molecule has 0 radical (unpaired) electrons. The van der Waals surface area contributed by atoms with Gasteiger partial charge in [0, 0.05) is 11.0 Å². The number of rotatable bonds is 2. The smallest absolute Gasteiger partial charge is 0.255 e. The minimum atomic E-state index is -0.468. The van der Waals surface area contributed by atoms with E-state index in [-0.39, 0.29) is 5.91 Å². The number of aryl methyl sites for hydroxylation is 1. The van der Waals surface area contributed by atoms with Gasteiger partial charge in [0.1, 0.15) is 6.04 Å². The number of carbonyl (C=O) groups is 2. The summed E-state index contributed by atoms with van der Waals surface area (Å²) in [7, 11) is 0. The highest BCUT2D eigenvalue weighted by Crippen LogP contribution is 2.26. The van der Waals surface area contributed by atoms with Gasteiger partial charge in [0.2, 0.25) is 5.91 Å². The first-order valence-corrected chi connectivity index (χ1v) is 6.67. The number of likely N-dealkylation sites (tertiary alicyclic amines) is 1. The first-order chi connectivity index (χ1) is 8.52. The third-order valence-corrected chi connectivity index (χ3v) is 4.32. The highest BCUT2D eigenvalue weighted by molar-refractivity contribution is 9.10. The third-order valence-electron chi connectivity index (χ3n) is 3.26. The molecule has 1 atom stereocenters. The normalized spacial score (nSPS) is 19.0. The predicted octanol–water partition coefficient (Wildman–Crippen LogP) is 1.85. The van der Waals surface area contributed by atoms with Crippen molar-refractivity contribution in [2.24, 2.45) is 5.73 Å². The number of primary amides is 1. The summed E-state index contributed by atoms with van der Waals surface area (Å²) < 4.78 is 0.783. The van der Waals surface area contributed by atoms with Gasteiger partial charge in [0.25, 0.3) is 5.91 Å². The van der Waals surface area contributed by atoms with Gasteiger partial charge in [-0.3, -0.25) is 9.59 Å². The molecule has 0 aliphatic carbocycles. The standard InChI is InChI=1S/C13H15BrN2O2/c1-8-4-2-5-9(11(8)14)13(18)16-7-3-6-10(16)12(15)17/h2,4-5,10H,3,6-7H2,1H3,(H2,15,17). The van der Waals surface area contributed by atoms with Crippen LogP contribution < -0.4 is 5.73 Å². The van der Waals surface area contributed by atoms with E-state index in [1.54, 1.807) is 11.0 Å². The van der Waals surface area contributed by atoms with E-state index < -0.39 is 11.9 Å². The van der Waals surface area contributed by atoms with Crippen molar-refractivity contribution in [3.63, 3.8) is 0 Å². The number of nitrogens with two attached hydrogens (primary N) is 1. The summed E-state index contributed by atoms with van der Waals surface area (Å²) in [6, 6.07) is 5.06. The van der Waals surface area contributed by atoms with E-state index in [2.05, 4.69) is 15.9 Å². The molecule has 5 heteroatoms. The number of carbonyl (C=O) groups excluding carboxylic acids is 2. The number of hydrogen-bond donors (Lipinski definition) is 1. The van der Waals surface area contributed by atoms with Gasteiger partial charge >= 0.3 is 0 Å². The average Bonchev–Trinajstić information content (AvgIpc) is 2.81. The maximum absolute atomic E-state index is 12.4. The van der Waals surface area contributed by atoms with Crippen molar-refractivity contribution in [1.82, 2.24) is 4.90 Å². The average molecular weight is 311 g/mol. The van der Waals surface area contributed by atoms with E-state index in [4.69, 9.17) is 5.73 Å². The highest BCUT2D eigenvalue weighted by atomic mass is 79.9. The Morgan fingerprint density at radius 2 is 2.17 bits per heavy atom. The molecule has 0 bridgehead atoms. The molecule has 1 fully saturated rings. The Bertz CT molecular complexity index is 502. The Morgan fingerprint density at radius 3 is 2.83 bits per heavy atom. The van der Waals surface area contributed by atoms with Crippen LogP contribution in [0.3, 0.4) is 0 Å². The molecule has 1 heterocycles. The zero-order chi connectivity index (χ0) is 13.3. The molecule has 2 N–H and O–H groups in total. The fraction of sp³-hybridized carbons (Fsp3) is 0.385. The second-order valence-corrected chi connectivity index (χ2v) is 5.29. The molecular formula is C13H15BrN2O2. The van der Waals surface area contributed by atoms with Crippen LogP contribution in [0.2, 0.25) is 0 Å². The van der Waals surface area contributed by atoms with E-state index in [0.29, 0.717) is 18.5 Å². The molecule has 0 saturated carbocycles. The maximum Gasteiger partial charge on any atom is 0.255 e. The summed E-state index contributed by atoms with van der Waals surface area (Å²) in [5, 5.41) is 0. The lowest BCUT2D eigenvalue weighted by Crippen LogP contribution is -2.43. The van der Waals surface area contributed by atoms with Gasteiger partial charge in [-0.1, -0.05) is 12.1 Å². The zero-order valence-corrected chi connectivity index (χ0v) is 11.7. The zero-order valence-electron chi connectivity index (χ0n) is 10.1. The summed E-state index contributed by atoms with van der Waals surface area (Å²) in [5.41, 5.74) is 6.91. The van der Waals surface area contributed by atoms with Crippen LogP contribution in [0.15, 0.2) is 22.7 Å². The van der Waals surface area contributed by atoms with Crippen LogP contribution in [0.5, 0.6) is 0 Å². The Hall–Kier alpha value is -1.36. The minimum absolute atomic E-state index is 0.133. The quantitative estimate of drug-likeness (QED) is 0.906. The summed E-state index contributed by atoms with van der Waals surface area (Å²) in [4.78, 5) is 25.3. The van der Waals surface area contributed by atoms with Gasteiger partial charge in [-0.15, -0.1) is 0 Å². The molecule has 1 aliphatic rings. The number of halogens is 1. The van der Waals surface area contributed by atoms with Gasteiger partial charge in [0.15, 0.2) is 0 Å². The molecule has 18 heavy (non-hydrogen) atoms. The minimum Gasteiger partial charge on any atom is -0.368 e. The fourth-order valence-electron chi connectivity index (χ4n) is 2.27. The van der Waals surface area contributed by atoms with E-state index in [9.17, 15) is 9.59 Å². The molecule has 1 unspecified atom stereocenters. The third kappa shape index (κ3) is 2.27. The lowest BCUT2D eigenvalue weighted by molar-refractivity contribution is -0.121. The van der Waals surface area contributed by atoms with Gasteiger partial charge in [0.05, 0.1) is 5.56 Å². The molecule has 0 aromatic heterocycles. The van der Waals surface area contributed by atoms with Gasteiger partial charge in [-0.2, -0.15) is 0 Å². The van der Waals surface area contributed by atoms with Crippen molar-refractivity contribution >= 4 is 27.7 Å². The van der Waals surface area contributed by atoms with Crippen molar-refractivity contribution in [3.05, 3.63) is 33.8 Å². The first kappa shape index (κ1) is 13.1. The molecule has 96 valence electrons. The predicted molar refractivity (Wildman–Crippen MR) is 72.1 cm³/mol. The summed E-state index contributed by atoms with van der Waals surface area (Å²) in [6.45, 7) is 2.52. The van der Waals surface area contributed by atoms with E-state index in [1.807, 2.05) is 19.1 Å². The van der Waals surface area contributed by atoms with Crippen LogP contribution >= 0.6 is 15.9 Å². The molecule has 4 nitrogen and oxygen atoms in total. The van der Waals surface area contributed by atoms with Crippen molar-refractivity contribution < 1.29 is 9.59 Å². The van der Waals surface area contributed by atoms with Gasteiger partial charge < -0.3 is 10.6 Å². The van der Waals surface area contributed by atoms with Crippen LogP contribution in [0.1, 0.15) is 28.8 Å². The summed E-state index contributed by atoms with van der Waals surface area (Å²) >= 11 is 3.42. The van der Waals surface area contributed by atoms with Crippen molar-refractivity contribution in [1.29, 1.82) is 0 Å². The summed E-state index contributed by atoms with van der Waals surface area (Å²) in [5.74, 6) is -0.559. The molecule has 2 amide bonds. The Balaban J connectivity index is 2.31. The SMILES string of the molecule is Cc1cccc(C(=O)N2CCCC2C(N)=O)c1Br. The molecule has 1 aromatic carbocycles. The second kappa shape index (κ2) is 5.10. The molecule has 1 aliphatic heterocycles. The number of hydrogen-bond acceptors (Lipinski definition) is 2. The van der Waals surface area contributed by atoms with E-state index in [1.165, 1.54) is 0 Å². The Labute approximate surface area is 114 Å². The van der Waals surface area contributed by atoms with Crippen molar-refractivity contribution in [2.45, 2.75) is 25.8 Å². The van der Waals surface area contributed by atoms with Crippen LogP contribution in [0.4, 0.5) is 0 Å². The van der Waals surface area contributed by atoms with Gasteiger partial charge in [-0.05, 0) is 47.3 Å². The Morgan fingerprint density at radius 1 is 1.44 bits per heavy atom. The summed E-state index contributed by atoms with van der Waals surface area (Å²) in [6.07, 6.45) is 1.48. The van der Waals surface area contributed by atoms with Crippen LogP contribution in [0, 0.1) is 6.92 Å². The van der Waals surface area contributed by atoms with Crippen LogP contribution in [-0.4, -0.2) is 29.3 Å². The molecule has 2 rings (SSSR count). The van der Waals surface area contributed by atoms with E-state index in [0.717, 1.165) is 16.5 Å². The van der Waals surface area contributed by atoms with Gasteiger partial charge in [-0.25, -0.2) is 0 Å². The number of nitrogens with zero attached hydrogens (tertiary/aromatic N) is 1. The molecular weight excluding hydrogens is 296 g/mol. The maximum atomic E-state index is 12.4. The van der Waals surface area contributed by atoms with Crippen LogP contribution in [-0.2, 0) is 4.79 Å². The monoisotopic (exact) mass is 310 g/mol. The second-order valence-electron chi connectivity index (χ2n) is 4.50. The molecule has 0 spiro atoms. The number of benzene rings is 1. The molecule has 1 aromatic rings. The highest BCUT2D eigenvalue weighted by Gasteiger charge is 2.33. The van der Waals surface area contributed by atoms with Crippen LogP contribution in [0.25, 0.3) is 0 Å². The van der Waals surface area contributed by atoms with Crippen molar-refractivity contribution in [3.8, 4) is 0 Å². The first-order valence-electron chi connectivity index (χ1n) is 5.87. The number of amides is 2. The fourth-order valence-corrected chi connectivity index (χ4v) is 2.71. The lowest BCUT2D eigenvalue weighted by Gasteiger charge is -2.23. The Kier molecular flexibility index (Phi) is 3.71.